The van der Waals surface area contributed by atoms with Crippen molar-refractivity contribution in [2.45, 2.75) is 32.7 Å². The Morgan fingerprint density at radius 2 is 1.80 bits per heavy atom. The molecule has 2 aromatic rings. The lowest BCUT2D eigenvalue weighted by Gasteiger charge is -2.28. The predicted octanol–water partition coefficient (Wildman–Crippen LogP) is 2.92. The third kappa shape index (κ3) is 6.13. The van der Waals surface area contributed by atoms with E-state index in [0.29, 0.717) is 30.2 Å². The van der Waals surface area contributed by atoms with Gasteiger partial charge in [-0.3, -0.25) is 9.10 Å². The molecule has 0 saturated carbocycles. The number of nitrogens with one attached hydrogen (secondary N) is 1. The third-order valence-electron chi connectivity index (χ3n) is 4.73. The maximum Gasteiger partial charge on any atom is 0.243 e. The van der Waals surface area contributed by atoms with E-state index in [2.05, 4.69) is 5.32 Å². The first-order valence-electron chi connectivity index (χ1n) is 9.72. The van der Waals surface area contributed by atoms with Gasteiger partial charge in [-0.25, -0.2) is 8.42 Å². The summed E-state index contributed by atoms with van der Waals surface area (Å²) in [6.07, 6.45) is 2.55. The third-order valence-corrected chi connectivity index (χ3v) is 5.98. The highest BCUT2D eigenvalue weighted by Gasteiger charge is 2.28. The van der Waals surface area contributed by atoms with Crippen molar-refractivity contribution >= 4 is 21.6 Å². The second kappa shape index (κ2) is 10.3. The van der Waals surface area contributed by atoms with Crippen molar-refractivity contribution < 1.29 is 22.7 Å². The van der Waals surface area contributed by atoms with Crippen molar-refractivity contribution in [3.8, 4) is 11.5 Å². The molecular formula is C22H30N2O5S. The van der Waals surface area contributed by atoms with Gasteiger partial charge in [-0.1, -0.05) is 18.2 Å². The van der Waals surface area contributed by atoms with Crippen molar-refractivity contribution in [1.82, 2.24) is 5.32 Å². The Bertz CT molecular complexity index is 975. The second-order valence-electron chi connectivity index (χ2n) is 7.16. The summed E-state index contributed by atoms with van der Waals surface area (Å²) < 4.78 is 36.4. The van der Waals surface area contributed by atoms with Gasteiger partial charge in [-0.15, -0.1) is 0 Å². The Morgan fingerprint density at radius 3 is 2.40 bits per heavy atom. The van der Waals surface area contributed by atoms with E-state index < -0.39 is 16.1 Å². The summed E-state index contributed by atoms with van der Waals surface area (Å²) in [5.74, 6) is 0.990. The number of hydrogen-bond acceptors (Lipinski definition) is 5. The van der Waals surface area contributed by atoms with Crippen LogP contribution in [0.25, 0.3) is 0 Å². The van der Waals surface area contributed by atoms with Crippen molar-refractivity contribution in [1.29, 1.82) is 0 Å². The summed E-state index contributed by atoms with van der Waals surface area (Å²) in [4.78, 5) is 12.6. The quantitative estimate of drug-likeness (QED) is 0.581. The van der Waals surface area contributed by atoms with Gasteiger partial charge in [0.25, 0.3) is 0 Å². The topological polar surface area (TPSA) is 84.9 Å². The number of sulfonamides is 1. The molecule has 2 aromatic carbocycles. The fourth-order valence-corrected chi connectivity index (χ4v) is 4.43. The molecule has 0 bridgehead atoms. The summed E-state index contributed by atoms with van der Waals surface area (Å²) in [5.41, 5.74) is 2.46. The molecule has 164 valence electrons. The molecule has 2 rings (SSSR count). The molecule has 0 heterocycles. The van der Waals surface area contributed by atoms with Crippen LogP contribution in [0, 0.1) is 6.92 Å². The number of anilines is 1. The Hall–Kier alpha value is -2.74. The van der Waals surface area contributed by atoms with Gasteiger partial charge < -0.3 is 14.8 Å². The van der Waals surface area contributed by atoms with E-state index in [1.807, 2.05) is 31.2 Å². The molecule has 0 spiro atoms. The van der Waals surface area contributed by atoms with Crippen LogP contribution in [-0.2, 0) is 21.2 Å². The molecule has 1 atom stereocenters. The lowest BCUT2D eigenvalue weighted by molar-refractivity contribution is -0.121. The number of rotatable bonds is 10. The number of benzene rings is 2. The van der Waals surface area contributed by atoms with E-state index in [1.165, 1.54) is 0 Å². The molecule has 0 aromatic heterocycles. The highest BCUT2D eigenvalue weighted by molar-refractivity contribution is 7.92. The molecule has 0 aliphatic rings. The van der Waals surface area contributed by atoms with E-state index in [-0.39, 0.29) is 5.91 Å². The minimum atomic E-state index is -3.62. The monoisotopic (exact) mass is 434 g/mol. The smallest absolute Gasteiger partial charge is 0.243 e. The minimum Gasteiger partial charge on any atom is -0.493 e. The van der Waals surface area contributed by atoms with Crippen LogP contribution in [0.5, 0.6) is 11.5 Å². The van der Waals surface area contributed by atoms with E-state index >= 15 is 0 Å². The highest BCUT2D eigenvalue weighted by atomic mass is 32.2. The number of carbonyl (C=O) groups is 1. The number of hydrogen-bond donors (Lipinski definition) is 1. The Labute approximate surface area is 179 Å². The maximum absolute atomic E-state index is 12.6. The van der Waals surface area contributed by atoms with Gasteiger partial charge in [0.2, 0.25) is 15.9 Å². The van der Waals surface area contributed by atoms with Crippen LogP contribution in [0.1, 0.15) is 24.5 Å². The Morgan fingerprint density at radius 1 is 1.10 bits per heavy atom. The lowest BCUT2D eigenvalue weighted by atomic mass is 10.1. The zero-order valence-electron chi connectivity index (χ0n) is 18.1. The molecule has 0 radical (unpaired) electrons. The molecule has 0 fully saturated rings. The molecule has 0 saturated heterocycles. The number of carbonyl (C=O) groups excluding carboxylic acids is 1. The first-order chi connectivity index (χ1) is 14.2. The average molecular weight is 435 g/mol. The van der Waals surface area contributed by atoms with Crippen LogP contribution in [-0.4, -0.2) is 47.4 Å². The van der Waals surface area contributed by atoms with E-state index in [9.17, 15) is 13.2 Å². The Kier molecular flexibility index (Phi) is 8.11. The summed E-state index contributed by atoms with van der Waals surface area (Å²) in [5, 5.41) is 2.84. The Balaban J connectivity index is 1.97. The van der Waals surface area contributed by atoms with Gasteiger partial charge in [0, 0.05) is 6.54 Å². The first-order valence-corrected chi connectivity index (χ1v) is 11.6. The molecule has 8 heteroatoms. The van der Waals surface area contributed by atoms with Gasteiger partial charge in [0.15, 0.2) is 11.5 Å². The number of amides is 1. The van der Waals surface area contributed by atoms with Crippen LogP contribution in [0.3, 0.4) is 0 Å². The molecule has 1 amide bonds. The van der Waals surface area contributed by atoms with E-state index in [4.69, 9.17) is 9.47 Å². The van der Waals surface area contributed by atoms with Crippen molar-refractivity contribution in [2.24, 2.45) is 0 Å². The molecule has 7 nitrogen and oxygen atoms in total. The van der Waals surface area contributed by atoms with Gasteiger partial charge in [0.05, 0.1) is 26.2 Å². The zero-order valence-corrected chi connectivity index (χ0v) is 19.0. The van der Waals surface area contributed by atoms with Crippen LogP contribution in [0.15, 0.2) is 42.5 Å². The highest BCUT2D eigenvalue weighted by Crippen LogP contribution is 2.28. The van der Waals surface area contributed by atoms with Crippen LogP contribution in [0.4, 0.5) is 5.69 Å². The minimum absolute atomic E-state index is 0.339. The van der Waals surface area contributed by atoms with Crippen LogP contribution >= 0.6 is 0 Å². The fourth-order valence-electron chi connectivity index (χ4n) is 3.26. The van der Waals surface area contributed by atoms with Crippen LogP contribution < -0.4 is 19.1 Å². The van der Waals surface area contributed by atoms with Crippen molar-refractivity contribution in [3.63, 3.8) is 0 Å². The van der Waals surface area contributed by atoms with Gasteiger partial charge in [-0.2, -0.15) is 0 Å². The second-order valence-corrected chi connectivity index (χ2v) is 9.02. The zero-order chi connectivity index (χ0) is 22.3. The van der Waals surface area contributed by atoms with Gasteiger partial charge >= 0.3 is 0 Å². The molecule has 0 aliphatic carbocycles. The molecular weight excluding hydrogens is 404 g/mol. The predicted molar refractivity (Wildman–Crippen MR) is 119 cm³/mol. The summed E-state index contributed by atoms with van der Waals surface area (Å²) in [6, 6.07) is 11.9. The average Bonchev–Trinajstić information content (AvgIpc) is 2.69. The number of nitrogens with zero attached hydrogens (tertiary/aromatic N) is 1. The first kappa shape index (κ1) is 23.5. The number of ether oxygens (including phenoxy) is 2. The summed E-state index contributed by atoms with van der Waals surface area (Å²) >= 11 is 0. The molecule has 1 N–H and O–H groups in total. The largest absolute Gasteiger partial charge is 0.493 e. The van der Waals surface area contributed by atoms with Crippen LogP contribution in [0.2, 0.25) is 0 Å². The SMILES string of the molecule is COc1ccc(CCCNC(=O)[C@H](C)N(c2cccc(C)c2)S(C)(=O)=O)cc1OC. The molecule has 30 heavy (non-hydrogen) atoms. The summed E-state index contributed by atoms with van der Waals surface area (Å²) in [6.45, 7) is 3.90. The van der Waals surface area contributed by atoms with Crippen molar-refractivity contribution in [2.75, 3.05) is 31.3 Å². The normalized spacial score (nSPS) is 12.2. The van der Waals surface area contributed by atoms with Gasteiger partial charge in [-0.05, 0) is 62.1 Å². The van der Waals surface area contributed by atoms with Crippen molar-refractivity contribution in [3.05, 3.63) is 53.6 Å². The van der Waals surface area contributed by atoms with Gasteiger partial charge in [0.1, 0.15) is 6.04 Å². The summed E-state index contributed by atoms with van der Waals surface area (Å²) in [7, 11) is -0.444. The van der Waals surface area contributed by atoms with E-state index in [0.717, 1.165) is 28.1 Å². The lowest BCUT2D eigenvalue weighted by Crippen LogP contribution is -2.48. The fraction of sp³-hybridized carbons (Fsp3) is 0.409. The molecule has 0 aliphatic heterocycles. The number of methoxy groups -OCH3 is 2. The standard InChI is InChI=1S/C22H30N2O5S/c1-16-8-6-10-19(14-16)24(30(5,26)27)17(2)22(25)23-13-7-9-18-11-12-20(28-3)21(15-18)29-4/h6,8,10-12,14-15,17H,7,9,13H2,1-5H3,(H,23,25)/t17-/m0/s1. The molecule has 0 unspecified atom stereocenters. The maximum atomic E-state index is 12.6. The number of aryl methyl sites for hydroxylation is 2. The van der Waals surface area contributed by atoms with E-state index in [1.54, 1.807) is 39.3 Å².